The van der Waals surface area contributed by atoms with E-state index in [0.717, 1.165) is 6.42 Å². The Hall–Kier alpha value is -2.41. The van der Waals surface area contributed by atoms with E-state index in [0.29, 0.717) is 43.7 Å². The van der Waals surface area contributed by atoms with Crippen LogP contribution in [-0.4, -0.2) is 35.3 Å². The molecule has 2 unspecified atom stereocenters. The molecule has 2 N–H and O–H groups in total. The number of nitrogens with zero attached hydrogens (tertiary/aromatic N) is 1. The van der Waals surface area contributed by atoms with Crippen LogP contribution in [0.4, 0.5) is 4.39 Å². The number of benzene rings is 1. The smallest absolute Gasteiger partial charge is 0.267 e. The highest BCUT2D eigenvalue weighted by Gasteiger charge is 2.29. The number of aryl methyl sites for hydroxylation is 1. The first kappa shape index (κ1) is 17.0. The van der Waals surface area contributed by atoms with Crippen molar-refractivity contribution in [3.05, 3.63) is 39.4 Å². The van der Waals surface area contributed by atoms with Crippen molar-refractivity contribution >= 4 is 16.8 Å². The van der Waals surface area contributed by atoms with Crippen molar-refractivity contribution in [2.45, 2.75) is 32.2 Å². The van der Waals surface area contributed by atoms with Crippen LogP contribution in [0.15, 0.2) is 16.9 Å². The predicted octanol–water partition coefficient (Wildman–Crippen LogP) is 2.12. The van der Waals surface area contributed by atoms with Crippen LogP contribution in [0.3, 0.4) is 0 Å². The molecule has 2 atom stereocenters. The van der Waals surface area contributed by atoms with Gasteiger partial charge in [0.15, 0.2) is 0 Å². The van der Waals surface area contributed by atoms with Crippen molar-refractivity contribution in [1.82, 2.24) is 9.88 Å². The fraction of sp³-hybridized carbons (Fsp3) is 0.474. The van der Waals surface area contributed by atoms with E-state index < -0.39 is 23.0 Å². The summed E-state index contributed by atoms with van der Waals surface area (Å²) in [5.41, 5.74) is 0.353. The van der Waals surface area contributed by atoms with Crippen molar-refractivity contribution in [2.24, 2.45) is 5.92 Å². The van der Waals surface area contributed by atoms with E-state index in [1.165, 1.54) is 16.7 Å². The van der Waals surface area contributed by atoms with Gasteiger partial charge in [-0.2, -0.15) is 0 Å². The summed E-state index contributed by atoms with van der Waals surface area (Å²) in [7, 11) is 0. The largest absolute Gasteiger partial charge is 0.506 e. The number of ether oxygens (including phenoxy) is 1. The molecule has 0 aliphatic carbocycles. The van der Waals surface area contributed by atoms with Crippen molar-refractivity contribution in [3.8, 4) is 5.75 Å². The molecule has 0 bridgehead atoms. The molecule has 0 spiro atoms. The van der Waals surface area contributed by atoms with E-state index >= 15 is 0 Å². The number of nitrogens with one attached hydrogen (secondary N) is 1. The van der Waals surface area contributed by atoms with Gasteiger partial charge in [0.05, 0.1) is 12.1 Å². The minimum atomic E-state index is -0.631. The second kappa shape index (κ2) is 6.39. The van der Waals surface area contributed by atoms with Gasteiger partial charge in [-0.15, -0.1) is 0 Å². The average molecular weight is 360 g/mol. The third-order valence-electron chi connectivity index (χ3n) is 5.39. The molecule has 3 heterocycles. The Labute approximate surface area is 149 Å². The number of hydrogen-bond acceptors (Lipinski definition) is 4. The molecule has 1 fully saturated rings. The van der Waals surface area contributed by atoms with Gasteiger partial charge in [0, 0.05) is 30.5 Å². The summed E-state index contributed by atoms with van der Waals surface area (Å²) < 4.78 is 20.8. The third kappa shape index (κ3) is 2.67. The summed E-state index contributed by atoms with van der Waals surface area (Å²) in [6, 6.07) is 2.45. The van der Waals surface area contributed by atoms with Crippen LogP contribution in [0, 0.1) is 11.7 Å². The number of carbonyl (C=O) groups excluding carboxylic acids is 1. The van der Waals surface area contributed by atoms with Gasteiger partial charge in [-0.1, -0.05) is 0 Å². The molecule has 138 valence electrons. The van der Waals surface area contributed by atoms with E-state index in [4.69, 9.17) is 4.74 Å². The molecular formula is C19H21FN2O4. The summed E-state index contributed by atoms with van der Waals surface area (Å²) in [6.07, 6.45) is 2.15. The molecule has 1 saturated heterocycles. The molecule has 1 aromatic heterocycles. The molecule has 2 aliphatic rings. The van der Waals surface area contributed by atoms with Crippen LogP contribution in [0.5, 0.6) is 5.75 Å². The molecule has 2 aromatic rings. The van der Waals surface area contributed by atoms with Crippen LogP contribution < -0.4 is 10.9 Å². The first-order chi connectivity index (χ1) is 12.5. The Morgan fingerprint density at radius 3 is 2.96 bits per heavy atom. The number of amides is 1. The number of rotatable bonds is 3. The Morgan fingerprint density at radius 2 is 2.23 bits per heavy atom. The number of halogens is 1. The van der Waals surface area contributed by atoms with Crippen LogP contribution in [0.2, 0.25) is 0 Å². The Morgan fingerprint density at radius 1 is 1.42 bits per heavy atom. The van der Waals surface area contributed by atoms with Gasteiger partial charge in [-0.3, -0.25) is 9.59 Å². The summed E-state index contributed by atoms with van der Waals surface area (Å²) in [5.74, 6) is -1.37. The number of hydrogen-bond donors (Lipinski definition) is 2. The average Bonchev–Trinajstić information content (AvgIpc) is 3.12. The minimum absolute atomic E-state index is 0.127. The van der Waals surface area contributed by atoms with Gasteiger partial charge in [0.25, 0.3) is 11.5 Å². The molecule has 6 nitrogen and oxygen atoms in total. The third-order valence-corrected chi connectivity index (χ3v) is 5.39. The second-order valence-electron chi connectivity index (χ2n) is 7.19. The lowest BCUT2D eigenvalue weighted by molar-refractivity contribution is 0.0940. The maximum Gasteiger partial charge on any atom is 0.267 e. The quantitative estimate of drug-likeness (QED) is 0.879. The topological polar surface area (TPSA) is 80.6 Å². The lowest BCUT2D eigenvalue weighted by Crippen LogP contribution is -2.37. The van der Waals surface area contributed by atoms with Crippen molar-refractivity contribution in [3.63, 3.8) is 0 Å². The fourth-order valence-electron chi connectivity index (χ4n) is 3.96. The van der Waals surface area contributed by atoms with Crippen molar-refractivity contribution in [1.29, 1.82) is 0 Å². The number of aromatic nitrogens is 1. The highest BCUT2D eigenvalue weighted by atomic mass is 19.1. The van der Waals surface area contributed by atoms with Gasteiger partial charge < -0.3 is 19.7 Å². The van der Waals surface area contributed by atoms with E-state index in [2.05, 4.69) is 5.32 Å². The zero-order valence-corrected chi connectivity index (χ0v) is 14.5. The molecule has 1 aromatic carbocycles. The van der Waals surface area contributed by atoms with Crippen molar-refractivity contribution < 1.29 is 19.0 Å². The molecule has 0 radical (unpaired) electrons. The maximum absolute atomic E-state index is 14.0. The molecule has 7 heteroatoms. The fourth-order valence-corrected chi connectivity index (χ4v) is 3.96. The van der Waals surface area contributed by atoms with Gasteiger partial charge in [0.1, 0.15) is 17.1 Å². The molecular weight excluding hydrogens is 339 g/mol. The standard InChI is InChI=1S/C19H21FN2O4/c1-10-2-3-12-6-13(20)7-14-16(12)22(10)19(25)15(17(14)23)18(24)21-8-11-4-5-26-9-11/h6-7,10-11,23H,2-5,8-9H2,1H3,(H,21,24). The van der Waals surface area contributed by atoms with Gasteiger partial charge in [0.2, 0.25) is 0 Å². The van der Waals surface area contributed by atoms with E-state index in [1.54, 1.807) is 0 Å². The normalized spacial score (nSPS) is 21.9. The van der Waals surface area contributed by atoms with E-state index in [9.17, 15) is 19.1 Å². The lowest BCUT2D eigenvalue weighted by atomic mass is 9.95. The molecule has 1 amide bonds. The zero-order chi connectivity index (χ0) is 18.4. The number of pyridine rings is 1. The second-order valence-corrected chi connectivity index (χ2v) is 7.19. The molecule has 0 saturated carbocycles. The predicted molar refractivity (Wildman–Crippen MR) is 94.1 cm³/mol. The van der Waals surface area contributed by atoms with E-state index in [1.807, 2.05) is 6.92 Å². The highest BCUT2D eigenvalue weighted by molar-refractivity contribution is 6.03. The van der Waals surface area contributed by atoms with E-state index in [-0.39, 0.29) is 22.9 Å². The molecule has 4 rings (SSSR count). The van der Waals surface area contributed by atoms with Gasteiger partial charge in [-0.05, 0) is 43.9 Å². The first-order valence-corrected chi connectivity index (χ1v) is 8.93. The first-order valence-electron chi connectivity index (χ1n) is 8.93. The summed E-state index contributed by atoms with van der Waals surface area (Å²) >= 11 is 0. The maximum atomic E-state index is 14.0. The minimum Gasteiger partial charge on any atom is -0.506 e. The summed E-state index contributed by atoms with van der Waals surface area (Å²) in [4.78, 5) is 25.6. The Kier molecular flexibility index (Phi) is 4.19. The van der Waals surface area contributed by atoms with Crippen LogP contribution >= 0.6 is 0 Å². The molecule has 26 heavy (non-hydrogen) atoms. The van der Waals surface area contributed by atoms with Crippen molar-refractivity contribution in [2.75, 3.05) is 19.8 Å². The number of carbonyl (C=O) groups is 1. The monoisotopic (exact) mass is 360 g/mol. The SMILES string of the molecule is CC1CCc2cc(F)cc3c(O)c(C(=O)NCC4CCOC4)c(=O)n1c23. The van der Waals surface area contributed by atoms with Gasteiger partial charge in [-0.25, -0.2) is 4.39 Å². The van der Waals surface area contributed by atoms with Gasteiger partial charge >= 0.3 is 0 Å². The summed E-state index contributed by atoms with van der Waals surface area (Å²) in [5, 5.41) is 13.5. The highest BCUT2D eigenvalue weighted by Crippen LogP contribution is 2.35. The van der Waals surface area contributed by atoms with Crippen LogP contribution in [0.1, 0.15) is 41.7 Å². The Balaban J connectivity index is 1.82. The number of aromatic hydroxyl groups is 1. The van der Waals surface area contributed by atoms with Crippen LogP contribution in [0.25, 0.3) is 10.9 Å². The lowest BCUT2D eigenvalue weighted by Gasteiger charge is -2.26. The summed E-state index contributed by atoms with van der Waals surface area (Å²) in [6.45, 7) is 3.50. The van der Waals surface area contributed by atoms with Crippen LogP contribution in [-0.2, 0) is 11.2 Å². The molecule has 2 aliphatic heterocycles. The zero-order valence-electron chi connectivity index (χ0n) is 14.5. The Bertz CT molecular complexity index is 947.